The molecule has 3 aliphatic carbocycles. The van der Waals surface area contributed by atoms with E-state index in [9.17, 15) is 33.9 Å². The molecule has 3 unspecified atom stereocenters. The van der Waals surface area contributed by atoms with Crippen molar-refractivity contribution in [2.75, 3.05) is 11.9 Å². The second kappa shape index (κ2) is 17.1. The van der Waals surface area contributed by atoms with E-state index in [2.05, 4.69) is 26.6 Å². The molecule has 13 heteroatoms. The summed E-state index contributed by atoms with van der Waals surface area (Å²) in [5, 5.41) is 24.4. The lowest BCUT2D eigenvalue weighted by Crippen LogP contribution is -2.58. The molecule has 1 aromatic carbocycles. The molecule has 0 aromatic heterocycles. The number of hydrogen-bond donors (Lipinski definition) is 6. The third-order valence-electron chi connectivity index (χ3n) is 10.5. The summed E-state index contributed by atoms with van der Waals surface area (Å²) in [4.78, 5) is 81.2. The van der Waals surface area contributed by atoms with Crippen LogP contribution >= 0.6 is 0 Å². The molecule has 49 heavy (non-hydrogen) atoms. The highest BCUT2D eigenvalue weighted by atomic mass is 16.3. The molecule has 0 radical (unpaired) electrons. The third kappa shape index (κ3) is 9.58. The number of likely N-dealkylation sites (tertiary alicyclic amines) is 1. The summed E-state index contributed by atoms with van der Waals surface area (Å²) in [5.74, 6) is -3.75. The lowest BCUT2D eigenvalue weighted by atomic mass is 9.83. The molecular formula is C36H52N6O7. The van der Waals surface area contributed by atoms with Gasteiger partial charge in [-0.3, -0.25) is 28.8 Å². The molecule has 3 saturated carbocycles. The fraction of sp³-hybridized carbons (Fsp3) is 0.667. The number of nitrogens with one attached hydrogen (secondary N) is 5. The lowest BCUT2D eigenvalue weighted by Gasteiger charge is -2.35. The topological polar surface area (TPSA) is 186 Å². The molecule has 13 nitrogen and oxygen atoms in total. The Hall–Kier alpha value is -4.00. The first-order chi connectivity index (χ1) is 23.7. The number of nitrogens with zero attached hydrogens (tertiary/aromatic N) is 1. The van der Waals surface area contributed by atoms with E-state index in [1.54, 1.807) is 35.2 Å². The predicted molar refractivity (Wildman–Crippen MR) is 182 cm³/mol. The van der Waals surface area contributed by atoms with E-state index in [0.717, 1.165) is 57.8 Å². The van der Waals surface area contributed by atoms with E-state index >= 15 is 0 Å². The molecule has 1 saturated heterocycles. The zero-order valence-corrected chi connectivity index (χ0v) is 28.5. The van der Waals surface area contributed by atoms with Crippen LogP contribution in [0.25, 0.3) is 0 Å². The van der Waals surface area contributed by atoms with Gasteiger partial charge in [-0.15, -0.1) is 0 Å². The molecule has 1 heterocycles. The van der Waals surface area contributed by atoms with Crippen molar-refractivity contribution in [3.8, 4) is 0 Å². The Balaban J connectivity index is 1.24. The molecule has 0 bridgehead atoms. The summed E-state index contributed by atoms with van der Waals surface area (Å²) < 4.78 is 0. The molecule has 1 aromatic rings. The molecule has 6 atom stereocenters. The first-order valence-corrected chi connectivity index (χ1v) is 18.2. The number of para-hydroxylation sites is 1. The molecule has 6 N–H and O–H groups in total. The first-order valence-electron chi connectivity index (χ1n) is 18.2. The van der Waals surface area contributed by atoms with Gasteiger partial charge in [-0.25, -0.2) is 0 Å². The van der Waals surface area contributed by atoms with Gasteiger partial charge in [0.15, 0.2) is 6.10 Å². The van der Waals surface area contributed by atoms with Crippen molar-refractivity contribution in [1.29, 1.82) is 0 Å². The number of benzene rings is 1. The summed E-state index contributed by atoms with van der Waals surface area (Å²) in [6, 6.07) is 5.88. The lowest BCUT2D eigenvalue weighted by molar-refractivity contribution is -0.143. The van der Waals surface area contributed by atoms with Crippen molar-refractivity contribution in [3.05, 3.63) is 30.3 Å². The van der Waals surface area contributed by atoms with Gasteiger partial charge in [0.2, 0.25) is 17.7 Å². The zero-order valence-electron chi connectivity index (χ0n) is 28.5. The van der Waals surface area contributed by atoms with Crippen molar-refractivity contribution in [2.45, 2.75) is 133 Å². The van der Waals surface area contributed by atoms with E-state index in [-0.39, 0.29) is 30.5 Å². The molecule has 268 valence electrons. The Kier molecular flexibility index (Phi) is 12.7. The van der Waals surface area contributed by atoms with Crippen LogP contribution in [0.3, 0.4) is 0 Å². The van der Waals surface area contributed by atoms with Crippen molar-refractivity contribution in [3.63, 3.8) is 0 Å². The third-order valence-corrected chi connectivity index (χ3v) is 10.5. The zero-order chi connectivity index (χ0) is 34.9. The summed E-state index contributed by atoms with van der Waals surface area (Å²) in [6.07, 6.45) is 9.61. The van der Waals surface area contributed by atoms with Crippen molar-refractivity contribution in [1.82, 2.24) is 26.2 Å². The van der Waals surface area contributed by atoms with Crippen LogP contribution in [0, 0.1) is 11.8 Å². The Morgan fingerprint density at radius 3 is 2.22 bits per heavy atom. The van der Waals surface area contributed by atoms with Crippen LogP contribution in [0.15, 0.2) is 30.3 Å². The quantitative estimate of drug-likeness (QED) is 0.172. The number of hydrogen-bond acceptors (Lipinski definition) is 7. The van der Waals surface area contributed by atoms with E-state index < -0.39 is 59.7 Å². The Morgan fingerprint density at radius 1 is 0.837 bits per heavy atom. The molecule has 4 aliphatic rings. The van der Waals surface area contributed by atoms with Crippen LogP contribution in [0.4, 0.5) is 5.69 Å². The minimum atomic E-state index is -1.40. The van der Waals surface area contributed by atoms with Crippen LogP contribution in [0.1, 0.15) is 96.8 Å². The number of aliphatic hydroxyl groups excluding tert-OH is 1. The van der Waals surface area contributed by atoms with Crippen molar-refractivity contribution in [2.24, 2.45) is 11.8 Å². The Bertz CT molecular complexity index is 1350. The maximum absolute atomic E-state index is 13.9. The minimum Gasteiger partial charge on any atom is -0.381 e. The number of amides is 6. The van der Waals surface area contributed by atoms with Crippen LogP contribution < -0.4 is 26.6 Å². The highest BCUT2D eigenvalue weighted by molar-refractivity contribution is 6.40. The average Bonchev–Trinajstić information content (AvgIpc) is 3.85. The number of carbonyl (C=O) groups is 6. The summed E-state index contributed by atoms with van der Waals surface area (Å²) in [6.45, 7) is 1.54. The van der Waals surface area contributed by atoms with E-state index in [1.165, 1.54) is 0 Å². The first kappa shape index (κ1) is 36.3. The SMILES string of the molecule is CCC[C@H](NC(=O)[C@@H]1CC2CCCCC2N1C(=O)CNC(=O)[C@@H](NC(=O)C(=O)Nc1ccccc1)C1CCCCC1)C(O)C(=O)NC1CC1. The summed E-state index contributed by atoms with van der Waals surface area (Å²) in [7, 11) is 0. The smallest absolute Gasteiger partial charge is 0.313 e. The average molecular weight is 681 g/mol. The van der Waals surface area contributed by atoms with E-state index in [1.807, 2.05) is 6.92 Å². The largest absolute Gasteiger partial charge is 0.381 e. The Morgan fingerprint density at radius 2 is 1.53 bits per heavy atom. The number of aliphatic hydroxyl groups is 1. The van der Waals surface area contributed by atoms with E-state index in [4.69, 9.17) is 0 Å². The summed E-state index contributed by atoms with van der Waals surface area (Å²) in [5.41, 5.74) is 0.453. The van der Waals surface area contributed by atoms with Gasteiger partial charge in [0, 0.05) is 17.8 Å². The molecule has 0 spiro atoms. The second-order valence-electron chi connectivity index (χ2n) is 14.2. The van der Waals surface area contributed by atoms with Gasteiger partial charge >= 0.3 is 11.8 Å². The predicted octanol–water partition coefficient (Wildman–Crippen LogP) is 1.89. The normalized spacial score (nSPS) is 24.0. The molecule has 6 amide bonds. The van der Waals surface area contributed by atoms with Crippen LogP contribution in [-0.4, -0.2) is 88.3 Å². The molecule has 4 fully saturated rings. The number of carbonyl (C=O) groups excluding carboxylic acids is 6. The fourth-order valence-electron chi connectivity index (χ4n) is 7.79. The van der Waals surface area contributed by atoms with Crippen LogP contribution in [-0.2, 0) is 28.8 Å². The minimum absolute atomic E-state index is 0.0684. The van der Waals surface area contributed by atoms with Crippen molar-refractivity contribution >= 4 is 41.1 Å². The number of anilines is 1. The molecule has 5 rings (SSSR count). The number of rotatable bonds is 13. The van der Waals surface area contributed by atoms with Crippen LogP contribution in [0.2, 0.25) is 0 Å². The van der Waals surface area contributed by atoms with Gasteiger partial charge < -0.3 is 36.6 Å². The van der Waals surface area contributed by atoms with Gasteiger partial charge in [0.1, 0.15) is 12.1 Å². The van der Waals surface area contributed by atoms with Gasteiger partial charge in [-0.05, 0) is 75.3 Å². The monoisotopic (exact) mass is 680 g/mol. The van der Waals surface area contributed by atoms with Gasteiger partial charge in [0.25, 0.3) is 5.91 Å². The summed E-state index contributed by atoms with van der Waals surface area (Å²) >= 11 is 0. The van der Waals surface area contributed by atoms with Crippen molar-refractivity contribution < 1.29 is 33.9 Å². The Labute approximate surface area is 288 Å². The maximum Gasteiger partial charge on any atom is 0.313 e. The van der Waals surface area contributed by atoms with Gasteiger partial charge in [-0.1, -0.05) is 63.6 Å². The number of fused-ring (bicyclic) bond motifs is 1. The second-order valence-corrected chi connectivity index (χ2v) is 14.2. The standard InChI is InChI=1S/C36H52N6O7/c1-2-11-26(31(44)34(47)38-25-18-19-25)40-32(45)28-20-23-14-9-10-17-27(23)42(28)29(43)21-37-33(46)30(22-12-5-3-6-13-22)41-36(49)35(48)39-24-15-7-4-8-16-24/h4,7-8,15-16,22-23,25-28,30-31,44H,2-3,5-6,9-14,17-21H2,1H3,(H,37,46)(H,38,47)(H,39,48)(H,40,45)(H,41,49)/t23?,26-,27?,28-,30-,31?/m0/s1. The van der Waals surface area contributed by atoms with E-state index in [0.29, 0.717) is 37.8 Å². The van der Waals surface area contributed by atoms with Crippen LogP contribution in [0.5, 0.6) is 0 Å². The molecular weight excluding hydrogens is 628 g/mol. The highest BCUT2D eigenvalue weighted by Crippen LogP contribution is 2.40. The highest BCUT2D eigenvalue weighted by Gasteiger charge is 2.48. The molecule has 1 aliphatic heterocycles. The fourth-order valence-corrected chi connectivity index (χ4v) is 7.79. The van der Waals surface area contributed by atoms with Gasteiger partial charge in [0.05, 0.1) is 12.6 Å². The van der Waals surface area contributed by atoms with Gasteiger partial charge in [-0.2, -0.15) is 0 Å². The maximum atomic E-state index is 13.9.